The van der Waals surface area contributed by atoms with Crippen molar-refractivity contribution in [3.63, 3.8) is 0 Å². The largest absolute Gasteiger partial charge is 0.336 e. The van der Waals surface area contributed by atoms with E-state index in [9.17, 15) is 14.4 Å². The Labute approximate surface area is 95.8 Å². The van der Waals surface area contributed by atoms with Crippen molar-refractivity contribution in [2.75, 3.05) is 11.1 Å². The summed E-state index contributed by atoms with van der Waals surface area (Å²) in [7, 11) is 0. The highest BCUT2D eigenvalue weighted by atomic mass is 32.2. The minimum Gasteiger partial charge on any atom is -0.307 e. The molecule has 1 N–H and O–H groups in total. The van der Waals surface area contributed by atoms with Gasteiger partial charge in [-0.05, 0) is 12.1 Å². The minimum absolute atomic E-state index is 0.0288. The van der Waals surface area contributed by atoms with Crippen LogP contribution in [0.4, 0.5) is 15.3 Å². The van der Waals surface area contributed by atoms with Crippen molar-refractivity contribution in [1.82, 2.24) is 4.90 Å². The monoisotopic (exact) mass is 236 g/mol. The number of benzene rings is 1. The number of thioether (sulfide) groups is 1. The molecule has 82 valence electrons. The highest BCUT2D eigenvalue weighted by Gasteiger charge is 2.35. The third-order valence-electron chi connectivity index (χ3n) is 1.98. The van der Waals surface area contributed by atoms with E-state index < -0.39 is 17.2 Å². The molecule has 1 heterocycles. The number of amides is 4. The van der Waals surface area contributed by atoms with Crippen LogP contribution in [-0.4, -0.2) is 27.8 Å². The highest BCUT2D eigenvalue weighted by molar-refractivity contribution is 8.14. The number of carbonyl (C=O) groups excluding carboxylic acids is 3. The van der Waals surface area contributed by atoms with Crippen LogP contribution in [0.2, 0.25) is 0 Å². The number of imide groups is 3. The normalized spacial score (nSPS) is 15.4. The van der Waals surface area contributed by atoms with Crippen molar-refractivity contribution in [2.24, 2.45) is 0 Å². The van der Waals surface area contributed by atoms with Crippen LogP contribution in [0.25, 0.3) is 0 Å². The minimum atomic E-state index is -0.703. The van der Waals surface area contributed by atoms with Crippen LogP contribution in [-0.2, 0) is 4.79 Å². The second-order valence-electron chi connectivity index (χ2n) is 3.08. The van der Waals surface area contributed by atoms with Gasteiger partial charge in [0.25, 0.3) is 5.24 Å². The van der Waals surface area contributed by atoms with E-state index >= 15 is 0 Å². The Bertz CT molecular complexity index is 431. The number of nitrogens with zero attached hydrogens (tertiary/aromatic N) is 1. The fourth-order valence-electron chi connectivity index (χ4n) is 1.25. The summed E-state index contributed by atoms with van der Waals surface area (Å²) in [5, 5.41) is 1.95. The molecule has 0 atom stereocenters. The molecule has 0 spiro atoms. The molecule has 5 nitrogen and oxygen atoms in total. The highest BCUT2D eigenvalue weighted by Crippen LogP contribution is 2.19. The van der Waals surface area contributed by atoms with Crippen molar-refractivity contribution in [1.29, 1.82) is 0 Å². The van der Waals surface area contributed by atoms with Gasteiger partial charge >= 0.3 is 6.03 Å². The van der Waals surface area contributed by atoms with E-state index in [4.69, 9.17) is 0 Å². The van der Waals surface area contributed by atoms with Gasteiger partial charge in [0.2, 0.25) is 5.91 Å². The van der Waals surface area contributed by atoms with Gasteiger partial charge in [-0.25, -0.2) is 4.79 Å². The number of hydrogen-bond acceptors (Lipinski definition) is 4. The number of rotatable bonds is 1. The topological polar surface area (TPSA) is 66.5 Å². The van der Waals surface area contributed by atoms with Crippen LogP contribution in [0.5, 0.6) is 0 Å². The molecule has 0 aliphatic carbocycles. The van der Waals surface area contributed by atoms with Crippen LogP contribution in [0.15, 0.2) is 30.3 Å². The first-order valence-corrected chi connectivity index (χ1v) is 5.53. The van der Waals surface area contributed by atoms with Crippen LogP contribution in [0.3, 0.4) is 0 Å². The lowest BCUT2D eigenvalue weighted by Gasteiger charge is -2.11. The van der Waals surface area contributed by atoms with Gasteiger partial charge in [-0.15, -0.1) is 0 Å². The summed E-state index contributed by atoms with van der Waals surface area (Å²) >= 11 is 0.829. The van der Waals surface area contributed by atoms with Crippen LogP contribution in [0, 0.1) is 0 Å². The van der Waals surface area contributed by atoms with Gasteiger partial charge in [-0.1, -0.05) is 30.0 Å². The van der Waals surface area contributed by atoms with Crippen LogP contribution in [0.1, 0.15) is 0 Å². The molecule has 2 rings (SSSR count). The molecule has 1 fully saturated rings. The average molecular weight is 236 g/mol. The summed E-state index contributed by atoms with van der Waals surface area (Å²) in [5.74, 6) is -0.454. The van der Waals surface area contributed by atoms with E-state index in [2.05, 4.69) is 5.32 Å². The molecule has 0 saturated carbocycles. The molecule has 1 aliphatic heterocycles. The third-order valence-corrected chi connectivity index (χ3v) is 2.80. The third kappa shape index (κ3) is 2.06. The lowest BCUT2D eigenvalue weighted by atomic mass is 10.3. The van der Waals surface area contributed by atoms with Crippen molar-refractivity contribution in [3.05, 3.63) is 30.3 Å². The Morgan fingerprint density at radius 2 is 1.94 bits per heavy atom. The zero-order valence-corrected chi connectivity index (χ0v) is 8.99. The van der Waals surface area contributed by atoms with Crippen molar-refractivity contribution < 1.29 is 14.4 Å². The zero-order valence-electron chi connectivity index (χ0n) is 8.17. The number of nitrogens with one attached hydrogen (secondary N) is 1. The van der Waals surface area contributed by atoms with Gasteiger partial charge in [0, 0.05) is 5.69 Å². The van der Waals surface area contributed by atoms with Gasteiger partial charge in [0.15, 0.2) is 0 Å². The van der Waals surface area contributed by atoms with Crippen molar-refractivity contribution >= 4 is 34.6 Å². The first-order chi connectivity index (χ1) is 7.68. The summed E-state index contributed by atoms with van der Waals surface area (Å²) in [6.45, 7) is 0. The lowest BCUT2D eigenvalue weighted by Crippen LogP contribution is -2.38. The number of para-hydroxylation sites is 1. The summed E-state index contributed by atoms with van der Waals surface area (Å²) in [6, 6.07) is 7.95. The molecule has 0 radical (unpaired) electrons. The molecule has 1 aromatic rings. The molecule has 0 aromatic heterocycles. The average Bonchev–Trinajstić information content (AvgIpc) is 2.60. The predicted molar refractivity (Wildman–Crippen MR) is 60.2 cm³/mol. The second kappa shape index (κ2) is 4.36. The molecule has 0 unspecified atom stereocenters. The van der Waals surface area contributed by atoms with Gasteiger partial charge in [-0.2, -0.15) is 4.90 Å². The Hall–Kier alpha value is -1.82. The molecule has 16 heavy (non-hydrogen) atoms. The number of carbonyl (C=O) groups is 3. The number of urea groups is 1. The molecular weight excluding hydrogens is 228 g/mol. The fourth-order valence-corrected chi connectivity index (χ4v) is 1.94. The SMILES string of the molecule is O=C1CSC(=O)N1C(=O)Nc1ccccc1. The maximum atomic E-state index is 11.6. The first-order valence-electron chi connectivity index (χ1n) is 4.54. The zero-order chi connectivity index (χ0) is 11.5. The molecule has 6 heteroatoms. The fraction of sp³-hybridized carbons (Fsp3) is 0.100. The molecule has 1 saturated heterocycles. The van der Waals surface area contributed by atoms with Gasteiger partial charge in [0.05, 0.1) is 5.75 Å². The Kier molecular flexibility index (Phi) is 2.91. The summed E-state index contributed by atoms with van der Waals surface area (Å²) in [6.07, 6.45) is 0. The summed E-state index contributed by atoms with van der Waals surface area (Å²) in [4.78, 5) is 34.7. The molecule has 1 aromatic carbocycles. The van der Waals surface area contributed by atoms with Crippen molar-refractivity contribution in [2.45, 2.75) is 0 Å². The molecule has 1 aliphatic rings. The Balaban J connectivity index is 2.09. The molecule has 4 amide bonds. The quantitative estimate of drug-likeness (QED) is 0.808. The van der Waals surface area contributed by atoms with E-state index in [0.29, 0.717) is 10.6 Å². The maximum Gasteiger partial charge on any atom is 0.336 e. The van der Waals surface area contributed by atoms with E-state index in [0.717, 1.165) is 11.8 Å². The van der Waals surface area contributed by atoms with E-state index in [1.807, 2.05) is 0 Å². The van der Waals surface area contributed by atoms with Gasteiger partial charge in [0.1, 0.15) is 0 Å². The maximum absolute atomic E-state index is 11.6. The molecular formula is C10H8N2O3S. The standard InChI is InChI=1S/C10H8N2O3S/c13-8-6-16-10(15)12(8)9(14)11-7-4-2-1-3-5-7/h1-5H,6H2,(H,11,14). The Morgan fingerprint density at radius 1 is 1.25 bits per heavy atom. The smallest absolute Gasteiger partial charge is 0.307 e. The predicted octanol–water partition coefficient (Wildman–Crippen LogP) is 1.91. The van der Waals surface area contributed by atoms with E-state index in [1.54, 1.807) is 30.3 Å². The van der Waals surface area contributed by atoms with Crippen LogP contribution < -0.4 is 5.32 Å². The second-order valence-corrected chi connectivity index (χ2v) is 4.01. The summed E-state index contributed by atoms with van der Waals surface area (Å²) in [5.41, 5.74) is 0.546. The van der Waals surface area contributed by atoms with E-state index in [1.165, 1.54) is 0 Å². The van der Waals surface area contributed by atoms with E-state index in [-0.39, 0.29) is 5.75 Å². The van der Waals surface area contributed by atoms with Crippen LogP contribution >= 0.6 is 11.8 Å². The number of anilines is 1. The van der Waals surface area contributed by atoms with Crippen molar-refractivity contribution in [3.8, 4) is 0 Å². The first kappa shape index (κ1) is 10.7. The Morgan fingerprint density at radius 3 is 2.50 bits per heavy atom. The molecule has 0 bridgehead atoms. The number of hydrogen-bond donors (Lipinski definition) is 1. The van der Waals surface area contributed by atoms with Gasteiger partial charge in [-0.3, -0.25) is 9.59 Å². The van der Waals surface area contributed by atoms with Gasteiger partial charge < -0.3 is 5.32 Å². The summed E-state index contributed by atoms with van der Waals surface area (Å²) < 4.78 is 0. The lowest BCUT2D eigenvalue weighted by molar-refractivity contribution is -0.122.